The predicted octanol–water partition coefficient (Wildman–Crippen LogP) is 1.38. The lowest BCUT2D eigenvalue weighted by atomic mass is 9.69. The zero-order valence-electron chi connectivity index (χ0n) is 18.3. The third kappa shape index (κ3) is 6.74. The van der Waals surface area contributed by atoms with Gasteiger partial charge >= 0.3 is 24.1 Å². The highest BCUT2D eigenvalue weighted by Gasteiger charge is 2.50. The number of hydrogen-bond donors (Lipinski definition) is 6. The third-order valence-corrected chi connectivity index (χ3v) is 5.51. The van der Waals surface area contributed by atoms with Crippen molar-refractivity contribution >= 4 is 23.7 Å². The lowest BCUT2D eigenvalue weighted by molar-refractivity contribution is -0.170. The predicted molar refractivity (Wildman–Crippen MR) is 109 cm³/mol. The van der Waals surface area contributed by atoms with Gasteiger partial charge in [0.15, 0.2) is 11.4 Å². The molecule has 0 spiro atoms. The van der Waals surface area contributed by atoms with E-state index in [0.717, 1.165) is 12.1 Å². The van der Waals surface area contributed by atoms with E-state index in [1.807, 2.05) is 0 Å². The fraction of sp³-hybridized carbons (Fsp3) is 0.524. The van der Waals surface area contributed by atoms with E-state index >= 15 is 0 Å². The summed E-state index contributed by atoms with van der Waals surface area (Å²) >= 11 is 0. The van der Waals surface area contributed by atoms with Crippen molar-refractivity contribution in [3.05, 3.63) is 35.4 Å². The zero-order valence-corrected chi connectivity index (χ0v) is 18.3. The quantitative estimate of drug-likeness (QED) is 0.325. The molecule has 6 N–H and O–H groups in total. The topological polar surface area (TPSA) is 181 Å². The van der Waals surface area contributed by atoms with Crippen LogP contribution in [0, 0.1) is 0 Å². The molecule has 1 aromatic carbocycles. The molecule has 0 amide bonds. The highest BCUT2D eigenvalue weighted by Crippen LogP contribution is 2.40. The van der Waals surface area contributed by atoms with Crippen LogP contribution in [0.4, 0.5) is 13.2 Å². The van der Waals surface area contributed by atoms with Gasteiger partial charge in [0.25, 0.3) is 0 Å². The second kappa shape index (κ2) is 10.5. The first-order valence-corrected chi connectivity index (χ1v) is 9.94. The number of aliphatic carboxylic acids is 3. The Hall–Kier alpha value is -3.03. The number of likely N-dealkylation sites (N-methyl/N-ethyl adjacent to an activating group) is 1. The molecule has 2 rings (SSSR count). The molecule has 1 fully saturated rings. The molecule has 0 unspecified atom stereocenters. The molecular formula is C21H26F3NO9. The minimum Gasteiger partial charge on any atom is -0.481 e. The second-order valence-electron chi connectivity index (χ2n) is 8.16. The maximum Gasteiger partial charge on any atom is 0.416 e. The maximum atomic E-state index is 12.6. The van der Waals surface area contributed by atoms with Crippen LogP contribution in [0.5, 0.6) is 0 Å². The minimum atomic E-state index is -4.41. The van der Waals surface area contributed by atoms with E-state index in [2.05, 4.69) is 5.32 Å². The Morgan fingerprint density at radius 1 is 1.00 bits per heavy atom. The number of ketones is 1. The van der Waals surface area contributed by atoms with Crippen LogP contribution in [-0.4, -0.2) is 67.5 Å². The molecule has 0 bridgehead atoms. The first kappa shape index (κ1) is 29.0. The summed E-state index contributed by atoms with van der Waals surface area (Å²) in [5.74, 6) is -5.42. The molecule has 190 valence electrons. The molecule has 0 radical (unpaired) electrons. The fourth-order valence-corrected chi connectivity index (χ4v) is 3.70. The average Bonchev–Trinajstić information content (AvgIpc) is 2.69. The maximum absolute atomic E-state index is 12.6. The van der Waals surface area contributed by atoms with Gasteiger partial charge in [-0.25, -0.2) is 4.79 Å². The van der Waals surface area contributed by atoms with Crippen molar-refractivity contribution in [2.24, 2.45) is 0 Å². The van der Waals surface area contributed by atoms with Gasteiger partial charge in [-0.05, 0) is 50.9 Å². The fourth-order valence-electron chi connectivity index (χ4n) is 3.70. The average molecular weight is 493 g/mol. The van der Waals surface area contributed by atoms with Gasteiger partial charge < -0.3 is 30.8 Å². The number of hydrogen-bond acceptors (Lipinski definition) is 7. The summed E-state index contributed by atoms with van der Waals surface area (Å²) < 4.78 is 37.8. The smallest absolute Gasteiger partial charge is 0.416 e. The summed E-state index contributed by atoms with van der Waals surface area (Å²) in [4.78, 5) is 43.0. The van der Waals surface area contributed by atoms with Crippen LogP contribution in [0.25, 0.3) is 0 Å². The lowest BCUT2D eigenvalue weighted by Crippen LogP contribution is -2.59. The standard InChI is InChI=1S/C15H18F3NO2.C6H8O7/c1-13(21)8-3-9-14(19-2,12(13)20)10-4-6-11(7-5-10)15(16,17)18;7-3(8)1-6(13,5(11)12)2-4(9)10/h4-7,19,21H,3,8-9H2,1-2H3;13H,1-2H2,(H,7,8)(H,9,10)(H,11,12)/t13-,14+;/m0./s1. The van der Waals surface area contributed by atoms with Gasteiger partial charge in [-0.3, -0.25) is 14.4 Å². The van der Waals surface area contributed by atoms with Crippen LogP contribution < -0.4 is 5.32 Å². The van der Waals surface area contributed by atoms with Crippen molar-refractivity contribution in [3.8, 4) is 0 Å². The molecule has 0 heterocycles. The van der Waals surface area contributed by atoms with Gasteiger partial charge in [0.05, 0.1) is 18.4 Å². The van der Waals surface area contributed by atoms with Crippen LogP contribution in [0.3, 0.4) is 0 Å². The van der Waals surface area contributed by atoms with Gasteiger partial charge in [0, 0.05) is 0 Å². The number of carbonyl (C=O) groups excluding carboxylic acids is 1. The van der Waals surface area contributed by atoms with Gasteiger partial charge in [-0.15, -0.1) is 0 Å². The number of benzene rings is 1. The molecular weight excluding hydrogens is 467 g/mol. The van der Waals surface area contributed by atoms with Crippen molar-refractivity contribution in [1.82, 2.24) is 5.32 Å². The van der Waals surface area contributed by atoms with Crippen molar-refractivity contribution in [3.63, 3.8) is 0 Å². The lowest BCUT2D eigenvalue weighted by Gasteiger charge is -2.42. The second-order valence-corrected chi connectivity index (χ2v) is 8.16. The Bertz CT molecular complexity index is 912. The normalized spacial score (nSPS) is 23.0. The molecule has 2 atom stereocenters. The van der Waals surface area contributed by atoms with Crippen LogP contribution in [-0.2, 0) is 30.9 Å². The summed E-state index contributed by atoms with van der Waals surface area (Å²) in [7, 11) is 1.58. The molecule has 1 aliphatic carbocycles. The van der Waals surface area contributed by atoms with Crippen molar-refractivity contribution < 1.29 is 57.9 Å². The Kier molecular flexibility index (Phi) is 8.95. The molecule has 1 aromatic rings. The van der Waals surface area contributed by atoms with Gasteiger partial charge in [-0.1, -0.05) is 12.1 Å². The van der Waals surface area contributed by atoms with Crippen LogP contribution in [0.1, 0.15) is 50.2 Å². The van der Waals surface area contributed by atoms with E-state index in [-0.39, 0.29) is 0 Å². The Labute approximate surface area is 192 Å². The van der Waals surface area contributed by atoms with Crippen molar-refractivity contribution in [1.29, 1.82) is 0 Å². The Balaban J connectivity index is 0.000000385. The van der Waals surface area contributed by atoms with Crippen LogP contribution >= 0.6 is 0 Å². The van der Waals surface area contributed by atoms with Gasteiger partial charge in [0.1, 0.15) is 11.1 Å². The van der Waals surface area contributed by atoms with Crippen LogP contribution in [0.15, 0.2) is 24.3 Å². The number of carboxylic acid groups (broad SMARTS) is 3. The van der Waals surface area contributed by atoms with E-state index < -0.39 is 65.0 Å². The molecule has 0 aliphatic heterocycles. The molecule has 10 nitrogen and oxygen atoms in total. The first-order valence-electron chi connectivity index (χ1n) is 9.94. The van der Waals surface area contributed by atoms with E-state index in [4.69, 9.17) is 20.4 Å². The van der Waals surface area contributed by atoms with E-state index in [1.54, 1.807) is 7.05 Å². The van der Waals surface area contributed by atoms with Crippen molar-refractivity contribution in [2.75, 3.05) is 7.05 Å². The minimum absolute atomic E-state index is 0.357. The zero-order chi connectivity index (χ0) is 26.5. The number of carbonyl (C=O) groups is 4. The largest absolute Gasteiger partial charge is 0.481 e. The van der Waals surface area contributed by atoms with E-state index in [1.165, 1.54) is 19.1 Å². The summed E-state index contributed by atoms with van der Waals surface area (Å²) in [5, 5.41) is 46.9. The number of halogens is 3. The molecule has 0 aromatic heterocycles. The number of Topliss-reactive ketones (excluding diaryl/α,β-unsaturated/α-hetero) is 1. The Morgan fingerprint density at radius 2 is 1.47 bits per heavy atom. The number of rotatable bonds is 7. The summed E-state index contributed by atoms with van der Waals surface area (Å²) in [6, 6.07) is 4.54. The molecule has 13 heteroatoms. The molecule has 34 heavy (non-hydrogen) atoms. The summed E-state index contributed by atoms with van der Waals surface area (Å²) in [5.41, 5.74) is -5.65. The molecule has 1 aliphatic rings. The summed E-state index contributed by atoms with van der Waals surface area (Å²) in [6.45, 7) is 1.45. The Morgan fingerprint density at radius 3 is 1.82 bits per heavy atom. The highest BCUT2D eigenvalue weighted by molar-refractivity contribution is 5.96. The first-order chi connectivity index (χ1) is 15.4. The SMILES string of the molecule is CN[C@@]1(c2ccc(C(F)(F)F)cc2)CCC[C@](C)(O)C1=O.O=C(O)CC(O)(CC(=O)O)C(=O)O. The highest BCUT2D eigenvalue weighted by atomic mass is 19.4. The number of alkyl halides is 3. The number of nitrogens with one attached hydrogen (secondary N) is 1. The van der Waals surface area contributed by atoms with Crippen molar-refractivity contribution in [2.45, 2.75) is 61.9 Å². The van der Waals surface area contributed by atoms with E-state index in [9.17, 15) is 37.5 Å². The van der Waals surface area contributed by atoms with Gasteiger partial charge in [0.2, 0.25) is 0 Å². The molecule has 1 saturated carbocycles. The van der Waals surface area contributed by atoms with E-state index in [0.29, 0.717) is 24.8 Å². The number of carboxylic acids is 3. The third-order valence-electron chi connectivity index (χ3n) is 5.51. The monoisotopic (exact) mass is 493 g/mol. The molecule has 0 saturated heterocycles. The summed E-state index contributed by atoms with van der Waals surface area (Å²) in [6.07, 6.45) is -5.28. The van der Waals surface area contributed by atoms with Gasteiger partial charge in [-0.2, -0.15) is 13.2 Å². The van der Waals surface area contributed by atoms with Crippen LogP contribution in [0.2, 0.25) is 0 Å². The number of aliphatic hydroxyl groups is 2.